The molecule has 1 saturated carbocycles. The van der Waals surface area contributed by atoms with Crippen LogP contribution in [0.3, 0.4) is 0 Å². The summed E-state index contributed by atoms with van der Waals surface area (Å²) in [6.45, 7) is 2.26. The average molecular weight is 258 g/mol. The predicted molar refractivity (Wildman–Crippen MR) is 69.2 cm³/mol. The minimum atomic E-state index is -0.0516. The maximum atomic E-state index is 9.42. The van der Waals surface area contributed by atoms with Crippen molar-refractivity contribution in [2.45, 2.75) is 41.3 Å². The number of likely N-dealkylation sites (N-methyl/N-ethyl adjacent to an activating group) is 1. The van der Waals surface area contributed by atoms with Gasteiger partial charge >= 0.3 is 0 Å². The molecule has 0 saturated heterocycles. The summed E-state index contributed by atoms with van der Waals surface area (Å²) in [4.78, 5) is 4.47. The number of rotatable bonds is 4. The number of hydrogen-bond acceptors (Lipinski definition) is 5. The molecule has 0 spiro atoms. The minimum absolute atomic E-state index is 0.0516. The van der Waals surface area contributed by atoms with Crippen LogP contribution in [0.15, 0.2) is 9.72 Å². The van der Waals surface area contributed by atoms with Gasteiger partial charge in [0, 0.05) is 21.9 Å². The second-order valence-corrected chi connectivity index (χ2v) is 6.83. The Hall–Kier alpha value is -0.100. The molecule has 2 unspecified atom stereocenters. The Bertz CT molecular complexity index is 350. The van der Waals surface area contributed by atoms with Gasteiger partial charge in [-0.3, -0.25) is 0 Å². The fourth-order valence-electron chi connectivity index (χ4n) is 2.16. The van der Waals surface area contributed by atoms with Crippen LogP contribution in [-0.2, 0) is 0 Å². The molecule has 0 aromatic carbocycles. The Balaban J connectivity index is 1.94. The first-order valence-electron chi connectivity index (χ1n) is 5.56. The van der Waals surface area contributed by atoms with Crippen LogP contribution in [0.2, 0.25) is 0 Å². The monoisotopic (exact) mass is 258 g/mol. The molecule has 0 amide bonds. The van der Waals surface area contributed by atoms with Gasteiger partial charge in [-0.05, 0) is 33.2 Å². The molecule has 1 aromatic rings. The molecule has 90 valence electrons. The first kappa shape index (κ1) is 12.4. The number of aliphatic hydroxyl groups excluding tert-OH is 1. The van der Waals surface area contributed by atoms with Crippen LogP contribution in [0.1, 0.15) is 25.0 Å². The number of aryl methyl sites for hydroxylation is 1. The zero-order valence-corrected chi connectivity index (χ0v) is 11.3. The lowest BCUT2D eigenvalue weighted by molar-refractivity contribution is 0.173. The lowest BCUT2D eigenvalue weighted by atomic mass is 10.00. The van der Waals surface area contributed by atoms with Gasteiger partial charge in [-0.2, -0.15) is 0 Å². The van der Waals surface area contributed by atoms with Gasteiger partial charge in [0.1, 0.15) is 4.34 Å². The van der Waals surface area contributed by atoms with Crippen molar-refractivity contribution < 1.29 is 5.11 Å². The molecule has 1 heterocycles. The largest absolute Gasteiger partial charge is 0.394 e. The van der Waals surface area contributed by atoms with Gasteiger partial charge in [-0.1, -0.05) is 11.8 Å². The van der Waals surface area contributed by atoms with Crippen molar-refractivity contribution in [3.05, 3.63) is 11.1 Å². The normalized spacial score (nSPS) is 29.8. The Morgan fingerprint density at radius 1 is 1.75 bits per heavy atom. The van der Waals surface area contributed by atoms with Gasteiger partial charge < -0.3 is 10.4 Å². The van der Waals surface area contributed by atoms with Crippen molar-refractivity contribution in [1.82, 2.24) is 10.3 Å². The number of thioether (sulfide) groups is 1. The van der Waals surface area contributed by atoms with E-state index in [-0.39, 0.29) is 12.1 Å². The van der Waals surface area contributed by atoms with Gasteiger partial charge in [0.25, 0.3) is 0 Å². The van der Waals surface area contributed by atoms with E-state index in [4.69, 9.17) is 0 Å². The van der Waals surface area contributed by atoms with E-state index in [1.54, 1.807) is 11.3 Å². The minimum Gasteiger partial charge on any atom is -0.394 e. The lowest BCUT2D eigenvalue weighted by Crippen LogP contribution is -2.44. The molecule has 2 rings (SSSR count). The van der Waals surface area contributed by atoms with Crippen molar-refractivity contribution in [3.63, 3.8) is 0 Å². The van der Waals surface area contributed by atoms with E-state index in [2.05, 4.69) is 15.7 Å². The molecule has 2 N–H and O–H groups in total. The van der Waals surface area contributed by atoms with E-state index >= 15 is 0 Å². The van der Waals surface area contributed by atoms with E-state index in [9.17, 15) is 5.11 Å². The van der Waals surface area contributed by atoms with Gasteiger partial charge in [0.05, 0.1) is 6.61 Å². The van der Waals surface area contributed by atoms with Crippen molar-refractivity contribution in [1.29, 1.82) is 0 Å². The third-order valence-electron chi connectivity index (χ3n) is 3.26. The molecule has 1 aliphatic rings. The number of nitrogens with zero attached hydrogens (tertiary/aromatic N) is 1. The Labute approximate surface area is 105 Å². The van der Waals surface area contributed by atoms with Crippen LogP contribution < -0.4 is 5.32 Å². The quantitative estimate of drug-likeness (QED) is 0.867. The van der Waals surface area contributed by atoms with Gasteiger partial charge in [-0.25, -0.2) is 4.98 Å². The van der Waals surface area contributed by atoms with Gasteiger partial charge in [-0.15, -0.1) is 11.3 Å². The van der Waals surface area contributed by atoms with Gasteiger partial charge in [0.15, 0.2) is 0 Å². The molecular weight excluding hydrogens is 240 g/mol. The predicted octanol–water partition coefficient (Wildman–Crippen LogP) is 2.05. The summed E-state index contributed by atoms with van der Waals surface area (Å²) in [6.07, 6.45) is 3.25. The fraction of sp³-hybridized carbons (Fsp3) is 0.727. The van der Waals surface area contributed by atoms with E-state index in [1.165, 1.54) is 0 Å². The second kappa shape index (κ2) is 5.04. The Kier molecular flexibility index (Phi) is 3.89. The number of aromatic nitrogens is 1. The summed E-state index contributed by atoms with van der Waals surface area (Å²) >= 11 is 3.58. The molecule has 2 atom stereocenters. The van der Waals surface area contributed by atoms with Gasteiger partial charge in [0.2, 0.25) is 0 Å². The molecule has 3 nitrogen and oxygen atoms in total. The Morgan fingerprint density at radius 3 is 3.06 bits per heavy atom. The van der Waals surface area contributed by atoms with E-state index in [1.807, 2.05) is 25.7 Å². The van der Waals surface area contributed by atoms with Crippen molar-refractivity contribution in [3.8, 4) is 0 Å². The highest BCUT2D eigenvalue weighted by molar-refractivity contribution is 8.01. The molecule has 16 heavy (non-hydrogen) atoms. The third-order valence-corrected chi connectivity index (χ3v) is 5.62. The summed E-state index contributed by atoms with van der Waals surface area (Å²) in [5.74, 6) is 0. The number of aliphatic hydroxyl groups is 1. The van der Waals surface area contributed by atoms with Crippen molar-refractivity contribution in [2.75, 3.05) is 13.7 Å². The highest BCUT2D eigenvalue weighted by Gasteiger charge is 2.37. The molecule has 0 bridgehead atoms. The lowest BCUT2D eigenvalue weighted by Gasteiger charge is -2.26. The van der Waals surface area contributed by atoms with Crippen LogP contribution in [0.4, 0.5) is 0 Å². The summed E-state index contributed by atoms with van der Waals surface area (Å²) in [7, 11) is 1.94. The highest BCUT2D eigenvalue weighted by Crippen LogP contribution is 2.40. The van der Waals surface area contributed by atoms with Crippen LogP contribution in [0, 0.1) is 6.92 Å². The summed E-state index contributed by atoms with van der Waals surface area (Å²) in [5, 5.41) is 15.4. The summed E-state index contributed by atoms with van der Waals surface area (Å²) in [5.41, 5.74) is 1.05. The SMILES string of the molecule is CNC1(CO)CCC(Sc2nc(C)cs2)C1. The molecule has 1 aliphatic carbocycles. The molecule has 0 radical (unpaired) electrons. The van der Waals surface area contributed by atoms with Crippen molar-refractivity contribution in [2.24, 2.45) is 0 Å². The maximum absolute atomic E-state index is 9.42. The molecule has 5 heteroatoms. The zero-order valence-electron chi connectivity index (χ0n) is 9.69. The second-order valence-electron chi connectivity index (χ2n) is 4.43. The highest BCUT2D eigenvalue weighted by atomic mass is 32.2. The van der Waals surface area contributed by atoms with E-state index < -0.39 is 0 Å². The summed E-state index contributed by atoms with van der Waals surface area (Å²) in [6, 6.07) is 0. The Morgan fingerprint density at radius 2 is 2.56 bits per heavy atom. The maximum Gasteiger partial charge on any atom is 0.150 e. The van der Waals surface area contributed by atoms with E-state index in [0.29, 0.717) is 5.25 Å². The van der Waals surface area contributed by atoms with E-state index in [0.717, 1.165) is 29.3 Å². The van der Waals surface area contributed by atoms with Crippen LogP contribution in [0.25, 0.3) is 0 Å². The fourth-order valence-corrected chi connectivity index (χ4v) is 4.57. The first-order chi connectivity index (χ1) is 7.67. The average Bonchev–Trinajstić information content (AvgIpc) is 2.87. The zero-order chi connectivity index (χ0) is 11.6. The smallest absolute Gasteiger partial charge is 0.150 e. The number of thiazole rings is 1. The molecule has 1 aromatic heterocycles. The first-order valence-corrected chi connectivity index (χ1v) is 7.32. The third kappa shape index (κ3) is 2.59. The summed E-state index contributed by atoms with van der Waals surface area (Å²) < 4.78 is 1.16. The van der Waals surface area contributed by atoms with Crippen LogP contribution in [-0.4, -0.2) is 34.5 Å². The van der Waals surface area contributed by atoms with Crippen LogP contribution in [0.5, 0.6) is 0 Å². The van der Waals surface area contributed by atoms with Crippen molar-refractivity contribution >= 4 is 23.1 Å². The van der Waals surface area contributed by atoms with Crippen LogP contribution >= 0.6 is 23.1 Å². The number of hydrogen-bond donors (Lipinski definition) is 2. The molecule has 1 fully saturated rings. The standard InChI is InChI=1S/C11H18N2OS2/c1-8-6-15-10(13-8)16-9-3-4-11(5-9,7-14)12-2/h6,9,12,14H,3-5,7H2,1-2H3. The molecular formula is C11H18N2OS2. The topological polar surface area (TPSA) is 45.1 Å². The molecule has 0 aliphatic heterocycles. The number of nitrogens with one attached hydrogen (secondary N) is 1.